The number of nitrogens with one attached hydrogen (secondary N) is 1. The molecule has 134 valence electrons. The van der Waals surface area contributed by atoms with Gasteiger partial charge in [-0.25, -0.2) is 4.79 Å². The smallest absolute Gasteiger partial charge is 0.331 e. The average Bonchev–Trinajstić information content (AvgIpc) is 3.36. The number of nitrogens with zero attached hydrogens (tertiary/aromatic N) is 2. The van der Waals surface area contributed by atoms with E-state index >= 15 is 0 Å². The first-order valence-electron chi connectivity index (χ1n) is 7.66. The first-order valence-corrected chi connectivity index (χ1v) is 8.60. The molecule has 0 radical (unpaired) electrons. The van der Waals surface area contributed by atoms with Crippen LogP contribution in [0, 0.1) is 0 Å². The number of hydrogen-bond acceptors (Lipinski definition) is 8. The molecule has 0 saturated carbocycles. The van der Waals surface area contributed by atoms with Crippen molar-refractivity contribution < 1.29 is 24.0 Å². The van der Waals surface area contributed by atoms with E-state index in [-0.39, 0.29) is 12.5 Å². The zero-order valence-corrected chi connectivity index (χ0v) is 14.3. The van der Waals surface area contributed by atoms with Crippen LogP contribution >= 0.6 is 11.3 Å². The van der Waals surface area contributed by atoms with Crippen LogP contribution in [0.4, 0.5) is 0 Å². The lowest BCUT2D eigenvalue weighted by molar-refractivity contribution is -0.149. The Morgan fingerprint density at radius 3 is 2.77 bits per heavy atom. The van der Waals surface area contributed by atoms with Crippen LogP contribution in [0.1, 0.15) is 16.2 Å². The number of carbonyl (C=O) groups is 2. The second-order valence-corrected chi connectivity index (χ2v) is 5.99. The third-order valence-corrected chi connectivity index (χ3v) is 4.08. The van der Waals surface area contributed by atoms with Gasteiger partial charge in [0.15, 0.2) is 12.6 Å². The Morgan fingerprint density at radius 2 is 2.08 bits per heavy atom. The number of hydrogen-bond donors (Lipinski definition) is 2. The summed E-state index contributed by atoms with van der Waals surface area (Å²) in [7, 11) is 0. The predicted molar refractivity (Wildman–Crippen MR) is 92.2 cm³/mol. The summed E-state index contributed by atoms with van der Waals surface area (Å²) in [5.74, 6) is -0.773. The minimum absolute atomic E-state index is 0.116. The van der Waals surface area contributed by atoms with Crippen molar-refractivity contribution >= 4 is 23.2 Å². The Labute approximate surface area is 152 Å². The molecule has 2 aromatic heterocycles. The Kier molecular flexibility index (Phi) is 5.72. The zero-order chi connectivity index (χ0) is 18.4. The number of carbonyl (C=O) groups excluding carboxylic acids is 2. The van der Waals surface area contributed by atoms with Crippen molar-refractivity contribution in [1.29, 1.82) is 0 Å². The number of thiophene rings is 1. The largest absolute Gasteiger partial charge is 0.454 e. The number of amides is 1. The maximum absolute atomic E-state index is 12.1. The lowest BCUT2D eigenvalue weighted by Crippen LogP contribution is -2.44. The van der Waals surface area contributed by atoms with Crippen LogP contribution in [0.3, 0.4) is 0 Å². The number of rotatable bonds is 7. The van der Waals surface area contributed by atoms with Gasteiger partial charge in [-0.3, -0.25) is 4.79 Å². The van der Waals surface area contributed by atoms with Crippen molar-refractivity contribution in [3.63, 3.8) is 0 Å². The van der Waals surface area contributed by atoms with Gasteiger partial charge >= 0.3 is 5.97 Å². The van der Waals surface area contributed by atoms with Crippen LogP contribution < -0.4 is 5.32 Å². The standard InChI is InChI=1S/C17H15N3O5S/c21-8-13(18-16(22)11-4-2-1-3-5-11)17(23)24-9-14-19-15(20-25-14)12-6-7-26-10-12/h1-7,10,13,21H,8-9H2,(H,18,22). The lowest BCUT2D eigenvalue weighted by Gasteiger charge is -2.14. The molecule has 8 nitrogen and oxygen atoms in total. The van der Waals surface area contributed by atoms with E-state index in [0.717, 1.165) is 5.56 Å². The monoisotopic (exact) mass is 373 g/mol. The summed E-state index contributed by atoms with van der Waals surface area (Å²) < 4.78 is 10.1. The van der Waals surface area contributed by atoms with Gasteiger partial charge in [0.1, 0.15) is 0 Å². The second-order valence-electron chi connectivity index (χ2n) is 5.21. The highest BCUT2D eigenvalue weighted by molar-refractivity contribution is 7.08. The Morgan fingerprint density at radius 1 is 1.27 bits per heavy atom. The average molecular weight is 373 g/mol. The van der Waals surface area contributed by atoms with E-state index in [1.807, 2.05) is 16.8 Å². The fourth-order valence-corrected chi connectivity index (χ4v) is 2.70. The number of benzene rings is 1. The van der Waals surface area contributed by atoms with Gasteiger partial charge in [-0.1, -0.05) is 23.4 Å². The summed E-state index contributed by atoms with van der Waals surface area (Å²) in [6, 6.07) is 9.00. The third kappa shape index (κ3) is 4.32. The number of esters is 1. The first-order chi connectivity index (χ1) is 12.7. The highest BCUT2D eigenvalue weighted by Crippen LogP contribution is 2.18. The molecule has 9 heteroatoms. The molecular formula is C17H15N3O5S. The van der Waals surface area contributed by atoms with E-state index in [4.69, 9.17) is 9.26 Å². The van der Waals surface area contributed by atoms with Gasteiger partial charge in [0, 0.05) is 16.5 Å². The van der Waals surface area contributed by atoms with E-state index in [1.54, 1.807) is 30.3 Å². The normalized spacial score (nSPS) is 11.7. The maximum Gasteiger partial charge on any atom is 0.331 e. The van der Waals surface area contributed by atoms with Crippen molar-refractivity contribution in [3.05, 3.63) is 58.6 Å². The summed E-state index contributed by atoms with van der Waals surface area (Å²) in [6.07, 6.45) is 0. The van der Waals surface area contributed by atoms with Crippen molar-refractivity contribution in [2.24, 2.45) is 0 Å². The lowest BCUT2D eigenvalue weighted by atomic mass is 10.2. The van der Waals surface area contributed by atoms with Crippen molar-refractivity contribution in [2.75, 3.05) is 6.61 Å². The topological polar surface area (TPSA) is 115 Å². The molecule has 3 rings (SSSR count). The van der Waals surface area contributed by atoms with Gasteiger partial charge in [0.05, 0.1) is 6.61 Å². The van der Waals surface area contributed by atoms with Crippen LogP contribution in [-0.4, -0.2) is 39.8 Å². The van der Waals surface area contributed by atoms with Gasteiger partial charge in [-0.05, 0) is 23.6 Å². The van der Waals surface area contributed by atoms with Crippen LogP contribution in [0.5, 0.6) is 0 Å². The zero-order valence-electron chi connectivity index (χ0n) is 13.5. The minimum atomic E-state index is -1.19. The number of aliphatic hydroxyl groups excluding tert-OH is 1. The molecule has 1 aromatic carbocycles. The van der Waals surface area contributed by atoms with E-state index in [0.29, 0.717) is 11.4 Å². The first kappa shape index (κ1) is 17.8. The molecule has 0 aliphatic rings. The molecule has 0 aliphatic heterocycles. The van der Waals surface area contributed by atoms with Crippen LogP contribution in [0.15, 0.2) is 51.7 Å². The Balaban J connectivity index is 1.55. The summed E-state index contributed by atoms with van der Waals surface area (Å²) in [4.78, 5) is 28.2. The van der Waals surface area contributed by atoms with Gasteiger partial charge in [0.25, 0.3) is 11.8 Å². The van der Waals surface area contributed by atoms with E-state index in [1.165, 1.54) is 11.3 Å². The molecular weight excluding hydrogens is 358 g/mol. The fourth-order valence-electron chi connectivity index (χ4n) is 2.07. The quantitative estimate of drug-likeness (QED) is 0.605. The Hall–Kier alpha value is -3.04. The molecule has 0 aliphatic carbocycles. The van der Waals surface area contributed by atoms with Crippen molar-refractivity contribution in [3.8, 4) is 11.4 Å². The van der Waals surface area contributed by atoms with Crippen LogP contribution in [-0.2, 0) is 16.1 Å². The number of ether oxygens (including phenoxy) is 1. The third-order valence-electron chi connectivity index (χ3n) is 3.39. The molecule has 0 bridgehead atoms. The van der Waals surface area contributed by atoms with Crippen LogP contribution in [0.2, 0.25) is 0 Å². The molecule has 0 fully saturated rings. The number of aromatic nitrogens is 2. The van der Waals surface area contributed by atoms with Crippen LogP contribution in [0.25, 0.3) is 11.4 Å². The van der Waals surface area contributed by atoms with E-state index < -0.39 is 24.5 Å². The molecule has 3 aromatic rings. The Bertz CT molecular complexity index is 864. The van der Waals surface area contributed by atoms with E-state index in [9.17, 15) is 14.7 Å². The molecule has 1 amide bonds. The molecule has 2 N–H and O–H groups in total. The molecule has 1 unspecified atom stereocenters. The fraction of sp³-hybridized carbons (Fsp3) is 0.176. The molecule has 0 saturated heterocycles. The molecule has 1 atom stereocenters. The predicted octanol–water partition coefficient (Wildman–Crippen LogP) is 1.63. The summed E-state index contributed by atoms with van der Waals surface area (Å²) in [5.41, 5.74) is 1.18. The van der Waals surface area contributed by atoms with Gasteiger partial charge < -0.3 is 19.7 Å². The molecule has 0 spiro atoms. The van der Waals surface area contributed by atoms with Crippen molar-refractivity contribution in [1.82, 2.24) is 15.5 Å². The minimum Gasteiger partial charge on any atom is -0.454 e. The molecule has 2 heterocycles. The summed E-state index contributed by atoms with van der Waals surface area (Å²) >= 11 is 1.50. The van der Waals surface area contributed by atoms with Gasteiger partial charge in [-0.15, -0.1) is 0 Å². The second kappa shape index (κ2) is 8.37. The highest BCUT2D eigenvalue weighted by atomic mass is 32.1. The van der Waals surface area contributed by atoms with Gasteiger partial charge in [-0.2, -0.15) is 16.3 Å². The molecule has 26 heavy (non-hydrogen) atoms. The summed E-state index contributed by atoms with van der Waals surface area (Å²) in [6.45, 7) is -0.852. The maximum atomic E-state index is 12.1. The SMILES string of the molecule is O=C(NC(CO)C(=O)OCc1nc(-c2ccsc2)no1)c1ccccc1. The number of aliphatic hydroxyl groups is 1. The van der Waals surface area contributed by atoms with Crippen molar-refractivity contribution in [2.45, 2.75) is 12.6 Å². The highest BCUT2D eigenvalue weighted by Gasteiger charge is 2.23. The van der Waals surface area contributed by atoms with E-state index in [2.05, 4.69) is 15.5 Å². The summed E-state index contributed by atoms with van der Waals surface area (Å²) in [5, 5.41) is 19.3. The van der Waals surface area contributed by atoms with Gasteiger partial charge in [0.2, 0.25) is 5.82 Å².